The summed E-state index contributed by atoms with van der Waals surface area (Å²) in [6, 6.07) is 35.1. The van der Waals surface area contributed by atoms with E-state index in [0.29, 0.717) is 47.1 Å². The number of piperazine rings is 2. The summed E-state index contributed by atoms with van der Waals surface area (Å²) in [4.78, 5) is 58.4. The van der Waals surface area contributed by atoms with Crippen LogP contribution in [0.5, 0.6) is 0 Å². The first-order chi connectivity index (χ1) is 34.0. The van der Waals surface area contributed by atoms with Crippen LogP contribution in [0.2, 0.25) is 5.28 Å². The molecule has 2 saturated heterocycles. The van der Waals surface area contributed by atoms with Crippen molar-refractivity contribution in [1.82, 2.24) is 39.5 Å². The fourth-order valence-electron chi connectivity index (χ4n) is 8.83. The molecule has 8 aromatic rings. The summed E-state index contributed by atoms with van der Waals surface area (Å²) in [7, 11) is 4.17. The molecule has 352 valence electrons. The number of nitrogens with one attached hydrogen (secondary N) is 2. The summed E-state index contributed by atoms with van der Waals surface area (Å²) in [5.41, 5.74) is 12.2. The molecule has 0 bridgehead atoms. The van der Waals surface area contributed by atoms with Crippen LogP contribution in [0, 0.1) is 13.1 Å². The third-order valence-corrected chi connectivity index (χ3v) is 13.1. The molecule has 0 spiro atoms. The topological polar surface area (TPSA) is 157 Å². The third kappa shape index (κ3) is 11.0. The Morgan fingerprint density at radius 2 is 0.986 bits per heavy atom. The first-order valence-corrected chi connectivity index (χ1v) is 23.7. The second-order valence-electron chi connectivity index (χ2n) is 17.7. The number of fused-ring (bicyclic) bond motifs is 4. The molecule has 6 aromatic carbocycles. The molecule has 70 heavy (non-hydrogen) atoms. The molecule has 4 heterocycles. The lowest BCUT2D eigenvalue weighted by molar-refractivity contribution is 0.0657. The predicted octanol–water partition coefficient (Wildman–Crippen LogP) is 8.99. The summed E-state index contributed by atoms with van der Waals surface area (Å²) in [5.74, 6) is 1.66. The molecule has 2 aliphatic rings. The van der Waals surface area contributed by atoms with Crippen LogP contribution in [-0.2, 0) is 12.8 Å². The number of carbonyl (C=O) groups excluding carboxylic acids is 2. The molecule has 15 nitrogen and oxygen atoms in total. The molecule has 4 N–H and O–H groups in total. The van der Waals surface area contributed by atoms with Gasteiger partial charge in [-0.3, -0.25) is 9.59 Å². The average Bonchev–Trinajstić information content (AvgIpc) is 3.38. The number of nitrogens with two attached hydrogens (primary N) is 1. The molecule has 2 aromatic heterocycles. The number of aromatic nitrogens is 4. The van der Waals surface area contributed by atoms with Crippen molar-refractivity contribution in [3.8, 4) is 0 Å². The molecule has 16 heteroatoms. The highest BCUT2D eigenvalue weighted by Gasteiger charge is 2.22. The standard InChI is InChI=1S/C27H25ClN6O.C27H27N7O/c2*1-29-22-7-8-24-23(17-22)25(32-27(28)31-24)30-10-9-18-3-4-20-16-21(6-5-19(20)15-18)26(35)34-13-11-33(2)12-14-34/h3-8,15-17H,9-14H2,2H3,(H,30,31,32);3-8,15-17H,9-14H2,2H3,(H3,28,30,31,32). The zero-order chi connectivity index (χ0) is 48.7. The fourth-order valence-corrected chi connectivity index (χ4v) is 9.01. The van der Waals surface area contributed by atoms with Gasteiger partial charge in [0.25, 0.3) is 11.8 Å². The highest BCUT2D eigenvalue weighted by atomic mass is 35.5. The van der Waals surface area contributed by atoms with Gasteiger partial charge in [-0.1, -0.05) is 60.7 Å². The first-order valence-electron chi connectivity index (χ1n) is 23.3. The number of nitrogen functional groups attached to an aromatic ring is 1. The van der Waals surface area contributed by atoms with Gasteiger partial charge in [-0.15, -0.1) is 0 Å². The van der Waals surface area contributed by atoms with Gasteiger partial charge in [-0.2, -0.15) is 4.98 Å². The van der Waals surface area contributed by atoms with Crippen LogP contribution in [0.25, 0.3) is 53.0 Å². The first kappa shape index (κ1) is 47.1. The van der Waals surface area contributed by atoms with Crippen LogP contribution in [0.15, 0.2) is 109 Å². The molecule has 0 saturated carbocycles. The second-order valence-corrected chi connectivity index (χ2v) is 18.1. The largest absolute Gasteiger partial charge is 0.369 e. The Morgan fingerprint density at radius 1 is 0.557 bits per heavy atom. The lowest BCUT2D eigenvalue weighted by atomic mass is 10.0. The van der Waals surface area contributed by atoms with Gasteiger partial charge in [-0.05, 0) is 120 Å². The Labute approximate surface area is 411 Å². The lowest BCUT2D eigenvalue weighted by Gasteiger charge is -2.32. The Hall–Kier alpha value is -7.95. The molecule has 0 unspecified atom stereocenters. The Balaban J connectivity index is 0.000000174. The summed E-state index contributed by atoms with van der Waals surface area (Å²) >= 11 is 6.10. The van der Waals surface area contributed by atoms with Crippen LogP contribution < -0.4 is 16.4 Å². The zero-order valence-corrected chi connectivity index (χ0v) is 39.9. The Morgan fingerprint density at radius 3 is 1.46 bits per heavy atom. The van der Waals surface area contributed by atoms with Gasteiger partial charge in [0.15, 0.2) is 11.4 Å². The van der Waals surface area contributed by atoms with E-state index in [1.807, 2.05) is 46.2 Å². The number of benzene rings is 6. The monoisotopic (exact) mass is 949 g/mol. The molecule has 2 amide bonds. The SMILES string of the molecule is [C-]#[N+]c1ccc2nc(Cl)nc(NCCc3ccc4cc(C(=O)N5CCN(C)CC5)ccc4c3)c2c1.[C-]#[N+]c1ccc2nc(N)nc(NCCc3ccc4cc(C(=O)N5CCN(C)CC5)ccc4c3)c2c1. The van der Waals surface area contributed by atoms with Crippen LogP contribution in [0.3, 0.4) is 0 Å². The number of likely N-dealkylation sites (N-methyl/N-ethyl adjacent to an activating group) is 2. The van der Waals surface area contributed by atoms with Crippen molar-refractivity contribution >= 4 is 95.7 Å². The minimum absolute atomic E-state index is 0.102. The van der Waals surface area contributed by atoms with Gasteiger partial charge in [0.05, 0.1) is 24.2 Å². The van der Waals surface area contributed by atoms with Crippen LogP contribution in [0.4, 0.5) is 29.0 Å². The van der Waals surface area contributed by atoms with Crippen LogP contribution in [-0.4, -0.2) is 131 Å². The van der Waals surface area contributed by atoms with Crippen molar-refractivity contribution in [2.45, 2.75) is 12.8 Å². The second kappa shape index (κ2) is 21.1. The van der Waals surface area contributed by atoms with E-state index >= 15 is 0 Å². The maximum absolute atomic E-state index is 12.9. The normalized spacial score (nSPS) is 14.2. The van der Waals surface area contributed by atoms with Crippen molar-refractivity contribution in [3.63, 3.8) is 0 Å². The number of nitrogens with zero attached hydrogens (tertiary/aromatic N) is 10. The van der Waals surface area contributed by atoms with E-state index in [1.54, 1.807) is 36.4 Å². The number of carbonyl (C=O) groups is 2. The highest BCUT2D eigenvalue weighted by Crippen LogP contribution is 2.29. The number of anilines is 3. The molecule has 10 rings (SSSR count). The van der Waals surface area contributed by atoms with E-state index in [-0.39, 0.29) is 23.0 Å². The summed E-state index contributed by atoms with van der Waals surface area (Å²) < 4.78 is 0. The minimum atomic E-state index is 0.102. The van der Waals surface area contributed by atoms with Gasteiger partial charge >= 0.3 is 0 Å². The molecule has 0 atom stereocenters. The lowest BCUT2D eigenvalue weighted by Crippen LogP contribution is -2.47. The molecule has 0 aliphatic carbocycles. The van der Waals surface area contributed by atoms with Crippen molar-refractivity contribution in [1.29, 1.82) is 0 Å². The van der Waals surface area contributed by atoms with Gasteiger partial charge in [0.1, 0.15) is 11.6 Å². The number of hydrogen-bond acceptors (Lipinski definition) is 11. The van der Waals surface area contributed by atoms with Crippen LogP contribution >= 0.6 is 11.6 Å². The summed E-state index contributed by atoms with van der Waals surface area (Å²) in [5, 5.41) is 12.8. The molecule has 2 fully saturated rings. The third-order valence-electron chi connectivity index (χ3n) is 12.9. The number of amides is 2. The quantitative estimate of drug-likeness (QED) is 0.0888. The van der Waals surface area contributed by atoms with Gasteiger partial charge < -0.3 is 36.0 Å². The zero-order valence-electron chi connectivity index (χ0n) is 39.1. The van der Waals surface area contributed by atoms with Crippen molar-refractivity contribution in [2.75, 3.05) is 95.9 Å². The Kier molecular flexibility index (Phi) is 14.2. The predicted molar refractivity (Wildman–Crippen MR) is 280 cm³/mol. The molecular weight excluding hydrogens is 898 g/mol. The number of rotatable bonds is 10. The average molecular weight is 951 g/mol. The van der Waals surface area contributed by atoms with E-state index in [9.17, 15) is 9.59 Å². The van der Waals surface area contributed by atoms with Crippen molar-refractivity contribution in [2.24, 2.45) is 0 Å². The molecular formula is C54H52ClN13O2. The fraction of sp³-hybridized carbons (Fsp3) is 0.259. The number of halogens is 1. The van der Waals surface area contributed by atoms with Gasteiger partial charge in [0.2, 0.25) is 11.2 Å². The highest BCUT2D eigenvalue weighted by molar-refractivity contribution is 6.28. The van der Waals surface area contributed by atoms with E-state index in [4.69, 9.17) is 30.5 Å². The van der Waals surface area contributed by atoms with E-state index in [1.165, 1.54) is 11.1 Å². The maximum Gasteiger partial charge on any atom is 0.253 e. The Bertz CT molecular complexity index is 3130. The van der Waals surface area contributed by atoms with E-state index in [2.05, 4.69) is 101 Å². The summed E-state index contributed by atoms with van der Waals surface area (Å²) in [6.07, 6.45) is 1.56. The van der Waals surface area contributed by atoms with Gasteiger partial charge in [-0.25, -0.2) is 24.6 Å². The molecule has 2 aliphatic heterocycles. The van der Waals surface area contributed by atoms with Crippen molar-refractivity contribution < 1.29 is 9.59 Å². The van der Waals surface area contributed by atoms with Gasteiger partial charge in [0, 0.05) is 87.3 Å². The summed E-state index contributed by atoms with van der Waals surface area (Å²) in [6.45, 7) is 22.5. The number of hydrogen-bond donors (Lipinski definition) is 3. The van der Waals surface area contributed by atoms with Crippen LogP contribution in [0.1, 0.15) is 31.8 Å². The van der Waals surface area contributed by atoms with Crippen molar-refractivity contribution in [3.05, 3.63) is 160 Å². The maximum atomic E-state index is 12.9. The van der Waals surface area contributed by atoms with E-state index in [0.717, 1.165) is 109 Å². The van der Waals surface area contributed by atoms with E-state index < -0.39 is 0 Å². The minimum Gasteiger partial charge on any atom is -0.369 e. The molecule has 0 radical (unpaired) electrons. The smallest absolute Gasteiger partial charge is 0.253 e.